The largest absolute Gasteiger partial charge is 0.463 e. The molecule has 2 aromatic rings. The normalized spacial score (nSPS) is 17.0. The number of allylic oxidation sites excluding steroid dienone is 1. The lowest BCUT2D eigenvalue weighted by Gasteiger charge is -2.28. The van der Waals surface area contributed by atoms with Crippen LogP contribution < -0.4 is 5.32 Å². The van der Waals surface area contributed by atoms with Crippen LogP contribution >= 0.6 is 11.6 Å². The van der Waals surface area contributed by atoms with Gasteiger partial charge in [0.05, 0.1) is 12.2 Å². The highest BCUT2D eigenvalue weighted by atomic mass is 35.5. The third-order valence-electron chi connectivity index (χ3n) is 3.45. The van der Waals surface area contributed by atoms with Crippen LogP contribution in [0.1, 0.15) is 25.5 Å². The van der Waals surface area contributed by atoms with Crippen LogP contribution in [0.3, 0.4) is 0 Å². The molecule has 0 amide bonds. The molecule has 3 rings (SSSR count). The van der Waals surface area contributed by atoms with Crippen molar-refractivity contribution in [2.45, 2.75) is 19.9 Å². The summed E-state index contributed by atoms with van der Waals surface area (Å²) in [5.41, 5.74) is 2.05. The molecule has 1 aromatic heterocycles. The first kappa shape index (κ1) is 14.6. The molecule has 0 radical (unpaired) electrons. The minimum absolute atomic E-state index is 0.308. The highest BCUT2D eigenvalue weighted by Gasteiger charge is 2.34. The van der Waals surface area contributed by atoms with Gasteiger partial charge in [-0.2, -0.15) is 10.1 Å². The van der Waals surface area contributed by atoms with E-state index in [4.69, 9.17) is 16.3 Å². The molecule has 1 atom stereocenters. The Hall–Kier alpha value is -2.34. The molecule has 0 spiro atoms. The van der Waals surface area contributed by atoms with Crippen molar-refractivity contribution in [3.63, 3.8) is 0 Å². The molecular formula is C15H15ClN4O2. The second-order valence-corrected chi connectivity index (χ2v) is 5.31. The fourth-order valence-corrected chi connectivity index (χ4v) is 2.75. The molecule has 1 aliphatic heterocycles. The van der Waals surface area contributed by atoms with Gasteiger partial charge in [-0.3, -0.25) is 0 Å². The molecule has 0 fully saturated rings. The third kappa shape index (κ3) is 2.46. The van der Waals surface area contributed by atoms with E-state index in [1.165, 1.54) is 6.33 Å². The van der Waals surface area contributed by atoms with Crippen molar-refractivity contribution in [1.29, 1.82) is 0 Å². The maximum absolute atomic E-state index is 12.4. The topological polar surface area (TPSA) is 69.0 Å². The van der Waals surface area contributed by atoms with Crippen LogP contribution in [0.4, 0.5) is 5.95 Å². The van der Waals surface area contributed by atoms with Crippen molar-refractivity contribution in [3.8, 4) is 0 Å². The summed E-state index contributed by atoms with van der Waals surface area (Å²) >= 11 is 6.10. The zero-order valence-corrected chi connectivity index (χ0v) is 13.0. The van der Waals surface area contributed by atoms with Gasteiger partial charge in [-0.15, -0.1) is 0 Å². The van der Waals surface area contributed by atoms with E-state index in [0.29, 0.717) is 28.8 Å². The zero-order valence-electron chi connectivity index (χ0n) is 12.2. The molecular weight excluding hydrogens is 304 g/mol. The summed E-state index contributed by atoms with van der Waals surface area (Å²) in [6.45, 7) is 3.91. The van der Waals surface area contributed by atoms with Crippen LogP contribution in [0.15, 0.2) is 41.9 Å². The van der Waals surface area contributed by atoms with Gasteiger partial charge in [-0.25, -0.2) is 9.48 Å². The number of hydrogen-bond acceptors (Lipinski definition) is 5. The maximum atomic E-state index is 12.4. The first-order chi connectivity index (χ1) is 10.6. The van der Waals surface area contributed by atoms with Crippen LogP contribution in [-0.4, -0.2) is 27.3 Å². The molecule has 1 aliphatic rings. The molecule has 114 valence electrons. The van der Waals surface area contributed by atoms with Crippen molar-refractivity contribution in [2.75, 3.05) is 11.9 Å². The molecule has 7 heteroatoms. The number of halogens is 1. The Morgan fingerprint density at radius 1 is 1.50 bits per heavy atom. The van der Waals surface area contributed by atoms with Gasteiger partial charge in [0.2, 0.25) is 5.95 Å². The lowest BCUT2D eigenvalue weighted by Crippen LogP contribution is -2.29. The molecule has 22 heavy (non-hydrogen) atoms. The number of carbonyl (C=O) groups excluding carboxylic acids is 1. The molecule has 1 N–H and O–H groups in total. The number of carbonyl (C=O) groups is 1. The van der Waals surface area contributed by atoms with Gasteiger partial charge >= 0.3 is 5.97 Å². The highest BCUT2D eigenvalue weighted by molar-refractivity contribution is 6.30. The van der Waals surface area contributed by atoms with Gasteiger partial charge in [0.25, 0.3) is 0 Å². The SMILES string of the molecule is CCOC(=O)C1=C(C)Nc2ncnn2C1c1cccc(Cl)c1. The average molecular weight is 319 g/mol. The van der Waals surface area contributed by atoms with Crippen molar-refractivity contribution in [2.24, 2.45) is 0 Å². The van der Waals surface area contributed by atoms with E-state index in [9.17, 15) is 4.79 Å². The van der Waals surface area contributed by atoms with E-state index in [1.807, 2.05) is 25.1 Å². The predicted octanol–water partition coefficient (Wildman–Crippen LogP) is 2.78. The molecule has 2 heterocycles. The van der Waals surface area contributed by atoms with Gasteiger partial charge in [0.15, 0.2) is 0 Å². The summed E-state index contributed by atoms with van der Waals surface area (Å²) in [5, 5.41) is 7.90. The Morgan fingerprint density at radius 2 is 2.32 bits per heavy atom. The van der Waals surface area contributed by atoms with E-state index < -0.39 is 6.04 Å². The Morgan fingerprint density at radius 3 is 3.05 bits per heavy atom. The lowest BCUT2D eigenvalue weighted by molar-refractivity contribution is -0.139. The molecule has 1 unspecified atom stereocenters. The van der Waals surface area contributed by atoms with Crippen LogP contribution in [-0.2, 0) is 9.53 Å². The lowest BCUT2D eigenvalue weighted by atomic mass is 9.96. The summed E-state index contributed by atoms with van der Waals surface area (Å²) in [4.78, 5) is 16.6. The van der Waals surface area contributed by atoms with E-state index in [0.717, 1.165) is 5.56 Å². The van der Waals surface area contributed by atoms with E-state index in [2.05, 4.69) is 15.4 Å². The van der Waals surface area contributed by atoms with Crippen LogP contribution in [0, 0.1) is 0 Å². The van der Waals surface area contributed by atoms with E-state index in [-0.39, 0.29) is 5.97 Å². The number of rotatable bonds is 3. The fraction of sp³-hybridized carbons (Fsp3) is 0.267. The summed E-state index contributed by atoms with van der Waals surface area (Å²) in [7, 11) is 0. The predicted molar refractivity (Wildman–Crippen MR) is 82.6 cm³/mol. The van der Waals surface area contributed by atoms with Crippen LogP contribution in [0.5, 0.6) is 0 Å². The highest BCUT2D eigenvalue weighted by Crippen LogP contribution is 2.35. The number of ether oxygens (including phenoxy) is 1. The Kier molecular flexibility index (Phi) is 3.85. The monoisotopic (exact) mass is 318 g/mol. The minimum atomic E-state index is -0.420. The van der Waals surface area contributed by atoms with Gasteiger partial charge < -0.3 is 10.1 Å². The number of anilines is 1. The van der Waals surface area contributed by atoms with Gasteiger partial charge in [0.1, 0.15) is 12.4 Å². The van der Waals surface area contributed by atoms with E-state index in [1.54, 1.807) is 17.7 Å². The number of fused-ring (bicyclic) bond motifs is 1. The number of nitrogens with zero attached hydrogens (tertiary/aromatic N) is 3. The first-order valence-corrected chi connectivity index (χ1v) is 7.29. The van der Waals surface area contributed by atoms with Gasteiger partial charge in [-0.1, -0.05) is 23.7 Å². The maximum Gasteiger partial charge on any atom is 0.338 e. The smallest absolute Gasteiger partial charge is 0.338 e. The second kappa shape index (κ2) is 5.81. The number of nitrogens with one attached hydrogen (secondary N) is 1. The summed E-state index contributed by atoms with van der Waals surface area (Å²) in [6, 6.07) is 6.93. The second-order valence-electron chi connectivity index (χ2n) is 4.87. The fourth-order valence-electron chi connectivity index (χ4n) is 2.55. The number of esters is 1. The standard InChI is InChI=1S/C15H15ClN4O2/c1-3-22-14(21)12-9(2)19-15-17-8-18-20(15)13(12)10-5-4-6-11(16)7-10/h4-8,13H,3H2,1-2H3,(H,17,18,19). The number of benzene rings is 1. The molecule has 0 saturated heterocycles. The molecule has 0 bridgehead atoms. The number of aromatic nitrogens is 3. The van der Waals surface area contributed by atoms with Crippen LogP contribution in [0.25, 0.3) is 0 Å². The van der Waals surface area contributed by atoms with Crippen molar-refractivity contribution < 1.29 is 9.53 Å². The van der Waals surface area contributed by atoms with Crippen molar-refractivity contribution in [3.05, 3.63) is 52.4 Å². The Bertz CT molecular complexity index is 754. The van der Waals surface area contributed by atoms with Crippen molar-refractivity contribution >= 4 is 23.5 Å². The molecule has 6 nitrogen and oxygen atoms in total. The molecule has 1 aromatic carbocycles. The third-order valence-corrected chi connectivity index (χ3v) is 3.69. The van der Waals surface area contributed by atoms with Crippen LogP contribution in [0.2, 0.25) is 5.02 Å². The molecule has 0 aliphatic carbocycles. The summed E-state index contributed by atoms with van der Waals surface area (Å²) < 4.78 is 6.85. The summed E-state index contributed by atoms with van der Waals surface area (Å²) in [6.07, 6.45) is 1.45. The van der Waals surface area contributed by atoms with E-state index >= 15 is 0 Å². The van der Waals surface area contributed by atoms with Gasteiger partial charge in [-0.05, 0) is 31.5 Å². The average Bonchev–Trinajstić information content (AvgIpc) is 2.93. The number of hydrogen-bond donors (Lipinski definition) is 1. The first-order valence-electron chi connectivity index (χ1n) is 6.91. The van der Waals surface area contributed by atoms with Crippen molar-refractivity contribution in [1.82, 2.24) is 14.8 Å². The minimum Gasteiger partial charge on any atom is -0.463 e. The van der Waals surface area contributed by atoms with Gasteiger partial charge in [0, 0.05) is 10.7 Å². The molecule has 0 saturated carbocycles. The Labute approximate surface area is 132 Å². The zero-order chi connectivity index (χ0) is 15.7. The summed E-state index contributed by atoms with van der Waals surface area (Å²) in [5.74, 6) is 0.203. The Balaban J connectivity index is 2.15. The quantitative estimate of drug-likeness (QED) is 0.881.